The summed E-state index contributed by atoms with van der Waals surface area (Å²) in [4.78, 5) is 1.00. The van der Waals surface area contributed by atoms with E-state index in [1.807, 2.05) is 17.5 Å². The highest BCUT2D eigenvalue weighted by molar-refractivity contribution is 7.13. The van der Waals surface area contributed by atoms with E-state index in [2.05, 4.69) is 16.5 Å². The van der Waals surface area contributed by atoms with Gasteiger partial charge < -0.3 is 5.84 Å². The lowest BCUT2D eigenvalue weighted by molar-refractivity contribution is 0.997. The fourth-order valence-electron chi connectivity index (χ4n) is 0.787. The van der Waals surface area contributed by atoms with Crippen LogP contribution in [-0.2, 0) is 0 Å². The van der Waals surface area contributed by atoms with Gasteiger partial charge in [0.05, 0.1) is 4.88 Å². The SMILES string of the molecule is Nn1[c]nnc1-c1cccs1. The van der Waals surface area contributed by atoms with Gasteiger partial charge in [-0.15, -0.1) is 21.5 Å². The lowest BCUT2D eigenvalue weighted by Gasteiger charge is -1.92. The molecule has 55 valence electrons. The van der Waals surface area contributed by atoms with Crippen LogP contribution in [0.1, 0.15) is 0 Å². The minimum Gasteiger partial charge on any atom is -0.336 e. The molecule has 0 unspecified atom stereocenters. The Bertz CT molecular complexity index is 337. The number of rotatable bonds is 1. The highest BCUT2D eigenvalue weighted by Gasteiger charge is 2.04. The van der Waals surface area contributed by atoms with Crippen LogP contribution in [-0.4, -0.2) is 14.9 Å². The topological polar surface area (TPSA) is 56.7 Å². The lowest BCUT2D eigenvalue weighted by Crippen LogP contribution is -2.07. The zero-order valence-electron chi connectivity index (χ0n) is 5.56. The Labute approximate surface area is 67.3 Å². The van der Waals surface area contributed by atoms with Crippen LogP contribution < -0.4 is 5.84 Å². The number of aromatic nitrogens is 3. The molecule has 2 aromatic rings. The number of thiophene rings is 1. The first-order valence-corrected chi connectivity index (χ1v) is 3.88. The zero-order valence-corrected chi connectivity index (χ0v) is 6.38. The van der Waals surface area contributed by atoms with E-state index in [1.165, 1.54) is 4.68 Å². The predicted molar refractivity (Wildman–Crippen MR) is 42.3 cm³/mol. The van der Waals surface area contributed by atoms with Crippen molar-refractivity contribution in [3.05, 3.63) is 23.8 Å². The van der Waals surface area contributed by atoms with Gasteiger partial charge in [-0.3, -0.25) is 0 Å². The molecule has 1 radical (unpaired) electrons. The Kier molecular flexibility index (Phi) is 1.36. The number of nitrogen functional groups attached to an aromatic ring is 1. The molecule has 0 aliphatic rings. The van der Waals surface area contributed by atoms with Gasteiger partial charge in [0.1, 0.15) is 0 Å². The van der Waals surface area contributed by atoms with E-state index in [0.29, 0.717) is 5.82 Å². The van der Waals surface area contributed by atoms with Crippen molar-refractivity contribution in [3.8, 4) is 10.7 Å². The van der Waals surface area contributed by atoms with E-state index in [4.69, 9.17) is 5.84 Å². The smallest absolute Gasteiger partial charge is 0.222 e. The minimum absolute atomic E-state index is 0.653. The molecule has 0 aliphatic heterocycles. The third-order valence-corrected chi connectivity index (χ3v) is 2.13. The summed E-state index contributed by atoms with van der Waals surface area (Å²) >= 11 is 1.57. The second-order valence-electron chi connectivity index (χ2n) is 1.97. The van der Waals surface area contributed by atoms with Crippen molar-refractivity contribution in [1.82, 2.24) is 14.9 Å². The Hall–Kier alpha value is -1.36. The normalized spacial score (nSPS) is 10.2. The molecule has 0 aromatic carbocycles. The quantitative estimate of drug-likeness (QED) is 0.627. The first-order valence-electron chi connectivity index (χ1n) is 3.00. The summed E-state index contributed by atoms with van der Waals surface area (Å²) in [6, 6.07) is 3.88. The maximum atomic E-state index is 5.47. The number of nitrogens with zero attached hydrogens (tertiary/aromatic N) is 3. The molecule has 0 bridgehead atoms. The molecular formula is C6H5N4S. The Morgan fingerprint density at radius 1 is 1.64 bits per heavy atom. The minimum atomic E-state index is 0.653. The van der Waals surface area contributed by atoms with Gasteiger partial charge in [-0.2, -0.15) is 0 Å². The average Bonchev–Trinajstić information content (AvgIpc) is 2.55. The van der Waals surface area contributed by atoms with Gasteiger partial charge in [0.25, 0.3) is 0 Å². The molecular weight excluding hydrogens is 160 g/mol. The standard InChI is InChI=1S/C6H5N4S/c7-10-4-8-9-6(10)5-2-1-3-11-5/h1-3H,7H2. The monoisotopic (exact) mass is 165 g/mol. The van der Waals surface area contributed by atoms with Crippen molar-refractivity contribution >= 4 is 11.3 Å². The Morgan fingerprint density at radius 3 is 3.09 bits per heavy atom. The molecule has 2 rings (SSSR count). The summed E-state index contributed by atoms with van der Waals surface area (Å²) < 4.78 is 1.28. The highest BCUT2D eigenvalue weighted by atomic mass is 32.1. The van der Waals surface area contributed by atoms with E-state index < -0.39 is 0 Å². The second kappa shape index (κ2) is 2.35. The van der Waals surface area contributed by atoms with Crippen molar-refractivity contribution in [2.45, 2.75) is 0 Å². The van der Waals surface area contributed by atoms with Gasteiger partial charge in [-0.05, 0) is 11.4 Å². The van der Waals surface area contributed by atoms with Gasteiger partial charge in [0.15, 0.2) is 5.82 Å². The van der Waals surface area contributed by atoms with Crippen molar-refractivity contribution in [3.63, 3.8) is 0 Å². The fourth-order valence-corrected chi connectivity index (χ4v) is 1.49. The summed E-state index contributed by atoms with van der Waals surface area (Å²) in [5, 5.41) is 9.31. The van der Waals surface area contributed by atoms with E-state index in [0.717, 1.165) is 4.88 Å². The van der Waals surface area contributed by atoms with Gasteiger partial charge in [-0.1, -0.05) is 6.07 Å². The Morgan fingerprint density at radius 2 is 2.55 bits per heavy atom. The average molecular weight is 165 g/mol. The molecule has 0 atom stereocenters. The Balaban J connectivity index is 2.53. The van der Waals surface area contributed by atoms with Crippen LogP contribution >= 0.6 is 11.3 Å². The van der Waals surface area contributed by atoms with Gasteiger partial charge in [0, 0.05) is 0 Å². The third-order valence-electron chi connectivity index (χ3n) is 1.27. The summed E-state index contributed by atoms with van der Waals surface area (Å²) in [6.07, 6.45) is 2.50. The van der Waals surface area contributed by atoms with Crippen molar-refractivity contribution < 1.29 is 0 Å². The van der Waals surface area contributed by atoms with E-state index in [-0.39, 0.29) is 0 Å². The molecule has 2 N–H and O–H groups in total. The molecule has 2 aromatic heterocycles. The number of hydrogen-bond donors (Lipinski definition) is 1. The highest BCUT2D eigenvalue weighted by Crippen LogP contribution is 2.20. The fraction of sp³-hybridized carbons (Fsp3) is 0. The molecule has 0 saturated carbocycles. The molecule has 11 heavy (non-hydrogen) atoms. The van der Waals surface area contributed by atoms with E-state index >= 15 is 0 Å². The maximum absolute atomic E-state index is 5.47. The summed E-state index contributed by atoms with van der Waals surface area (Å²) in [6.45, 7) is 0. The van der Waals surface area contributed by atoms with Crippen LogP contribution in [0.2, 0.25) is 0 Å². The first-order chi connectivity index (χ1) is 5.38. The summed E-state index contributed by atoms with van der Waals surface area (Å²) in [7, 11) is 0. The zero-order chi connectivity index (χ0) is 7.68. The number of hydrogen-bond acceptors (Lipinski definition) is 4. The van der Waals surface area contributed by atoms with Crippen molar-refractivity contribution in [2.24, 2.45) is 0 Å². The number of nitrogens with two attached hydrogens (primary N) is 1. The largest absolute Gasteiger partial charge is 0.336 e. The van der Waals surface area contributed by atoms with Gasteiger partial charge >= 0.3 is 0 Å². The van der Waals surface area contributed by atoms with Gasteiger partial charge in [-0.25, -0.2) is 4.68 Å². The molecule has 0 fully saturated rings. The van der Waals surface area contributed by atoms with Crippen molar-refractivity contribution in [1.29, 1.82) is 0 Å². The van der Waals surface area contributed by atoms with E-state index in [9.17, 15) is 0 Å². The molecule has 4 nitrogen and oxygen atoms in total. The molecule has 5 heteroatoms. The maximum Gasteiger partial charge on any atom is 0.222 e. The van der Waals surface area contributed by atoms with Crippen LogP contribution in [0.5, 0.6) is 0 Å². The molecule has 0 amide bonds. The molecule has 2 heterocycles. The van der Waals surface area contributed by atoms with Gasteiger partial charge in [0.2, 0.25) is 6.33 Å². The van der Waals surface area contributed by atoms with Crippen LogP contribution in [0.3, 0.4) is 0 Å². The second-order valence-corrected chi connectivity index (χ2v) is 2.92. The van der Waals surface area contributed by atoms with Crippen LogP contribution in [0.25, 0.3) is 10.7 Å². The van der Waals surface area contributed by atoms with Crippen molar-refractivity contribution in [2.75, 3.05) is 5.84 Å². The molecule has 0 spiro atoms. The third kappa shape index (κ3) is 0.988. The summed E-state index contributed by atoms with van der Waals surface area (Å²) in [5.41, 5.74) is 0. The predicted octanol–water partition coefficient (Wildman–Crippen LogP) is 0.521. The van der Waals surface area contributed by atoms with Crippen LogP contribution in [0.4, 0.5) is 0 Å². The van der Waals surface area contributed by atoms with Crippen LogP contribution in [0, 0.1) is 6.33 Å². The first kappa shape index (κ1) is 6.36. The van der Waals surface area contributed by atoms with E-state index in [1.54, 1.807) is 11.3 Å². The lowest BCUT2D eigenvalue weighted by atomic mass is 10.4. The molecule has 0 aliphatic carbocycles. The molecule has 0 saturated heterocycles. The summed E-state index contributed by atoms with van der Waals surface area (Å²) in [5.74, 6) is 6.13. The van der Waals surface area contributed by atoms with Crippen LogP contribution in [0.15, 0.2) is 17.5 Å².